The number of aryl methyl sites for hydroxylation is 1. The maximum atomic E-state index is 14.1. The van der Waals surface area contributed by atoms with Crippen LogP contribution in [0.5, 0.6) is 0 Å². The summed E-state index contributed by atoms with van der Waals surface area (Å²) in [6, 6.07) is 8.28. The molecule has 5 nitrogen and oxygen atoms in total. The molecule has 188 valence electrons. The van der Waals surface area contributed by atoms with E-state index in [0.29, 0.717) is 6.54 Å². The molecule has 2 unspecified atom stereocenters. The molecule has 0 aromatic heterocycles. The van der Waals surface area contributed by atoms with Gasteiger partial charge in [-0.15, -0.1) is 5.73 Å². The van der Waals surface area contributed by atoms with Crippen LogP contribution in [0.3, 0.4) is 0 Å². The van der Waals surface area contributed by atoms with E-state index in [4.69, 9.17) is 0 Å². The molecule has 0 spiro atoms. The Morgan fingerprint density at radius 3 is 2.51 bits per heavy atom. The number of carbonyl (C=O) groups excluding carboxylic acids is 1. The summed E-state index contributed by atoms with van der Waals surface area (Å²) in [5.41, 5.74) is 8.78. The fraction of sp³-hybridized carbons (Fsp3) is 0.483. The molecule has 35 heavy (non-hydrogen) atoms. The predicted molar refractivity (Wildman–Crippen MR) is 143 cm³/mol. The number of aliphatic imine (C=N–C) groups is 1. The van der Waals surface area contributed by atoms with Gasteiger partial charge in [0.1, 0.15) is 11.9 Å². The first-order valence-corrected chi connectivity index (χ1v) is 12.3. The fourth-order valence-electron chi connectivity index (χ4n) is 5.07. The van der Waals surface area contributed by atoms with Gasteiger partial charge in [0.2, 0.25) is 0 Å². The molecule has 0 fully saturated rings. The fourth-order valence-corrected chi connectivity index (χ4v) is 5.07. The molecule has 3 atom stereocenters. The van der Waals surface area contributed by atoms with Crippen molar-refractivity contribution in [2.24, 2.45) is 10.9 Å². The summed E-state index contributed by atoms with van der Waals surface area (Å²) < 4.78 is 14.1. The molecule has 0 bridgehead atoms. The second kappa shape index (κ2) is 11.1. The number of hydrogen-bond donors (Lipinski definition) is 0. The van der Waals surface area contributed by atoms with E-state index in [2.05, 4.69) is 66.4 Å². The van der Waals surface area contributed by atoms with Gasteiger partial charge in [0.15, 0.2) is 5.84 Å². The monoisotopic (exact) mass is 478 g/mol. The van der Waals surface area contributed by atoms with E-state index in [0.717, 1.165) is 25.0 Å². The third kappa shape index (κ3) is 5.59. The molecule has 1 amide bonds. The van der Waals surface area contributed by atoms with Crippen LogP contribution in [0.1, 0.15) is 44.7 Å². The molecular weight excluding hydrogens is 439 g/mol. The number of benzene rings is 1. The van der Waals surface area contributed by atoms with Crippen molar-refractivity contribution in [1.82, 2.24) is 14.7 Å². The van der Waals surface area contributed by atoms with Crippen molar-refractivity contribution < 1.29 is 9.18 Å². The lowest BCUT2D eigenvalue weighted by molar-refractivity contribution is -0.126. The van der Waals surface area contributed by atoms with Gasteiger partial charge in [0.05, 0.1) is 6.04 Å². The Hall–Kier alpha value is -3.11. The van der Waals surface area contributed by atoms with Crippen LogP contribution < -0.4 is 0 Å². The van der Waals surface area contributed by atoms with Crippen LogP contribution >= 0.6 is 0 Å². The molecule has 1 aliphatic heterocycles. The third-order valence-corrected chi connectivity index (χ3v) is 6.99. The normalized spacial score (nSPS) is 21.4. The highest BCUT2D eigenvalue weighted by Gasteiger charge is 2.39. The summed E-state index contributed by atoms with van der Waals surface area (Å²) >= 11 is 0. The van der Waals surface area contributed by atoms with Crippen molar-refractivity contribution in [2.75, 3.05) is 34.7 Å². The van der Waals surface area contributed by atoms with E-state index in [1.807, 2.05) is 19.0 Å². The molecule has 1 aliphatic carbocycles. The number of hydrogen-bond acceptors (Lipinski definition) is 3. The molecule has 1 aromatic rings. The lowest BCUT2D eigenvalue weighted by atomic mass is 9.84. The minimum atomic E-state index is -1.37. The lowest BCUT2D eigenvalue weighted by Crippen LogP contribution is -2.53. The topological polar surface area (TPSA) is 39.2 Å². The van der Waals surface area contributed by atoms with Gasteiger partial charge in [0.25, 0.3) is 5.91 Å². The minimum absolute atomic E-state index is 0.0335. The summed E-state index contributed by atoms with van der Waals surface area (Å²) in [7, 11) is 7.61. The van der Waals surface area contributed by atoms with Gasteiger partial charge < -0.3 is 14.7 Å². The van der Waals surface area contributed by atoms with Crippen LogP contribution in [0.25, 0.3) is 6.08 Å². The van der Waals surface area contributed by atoms with E-state index in [1.165, 1.54) is 29.2 Å². The van der Waals surface area contributed by atoms with E-state index in [1.54, 1.807) is 19.0 Å². The molecule has 3 rings (SSSR count). The largest absolute Gasteiger partial charge is 0.379 e. The van der Waals surface area contributed by atoms with Crippen molar-refractivity contribution in [3.05, 3.63) is 70.2 Å². The molecule has 2 aliphatic rings. The summed E-state index contributed by atoms with van der Waals surface area (Å²) in [5, 5.41) is 0. The lowest BCUT2D eigenvalue weighted by Gasteiger charge is -2.44. The number of alkyl halides is 1. The Morgan fingerprint density at radius 2 is 1.91 bits per heavy atom. The molecule has 0 saturated heterocycles. The van der Waals surface area contributed by atoms with Gasteiger partial charge in [0, 0.05) is 40.4 Å². The summed E-state index contributed by atoms with van der Waals surface area (Å²) in [6.45, 7) is 9.93. The predicted octanol–water partition coefficient (Wildman–Crippen LogP) is 5.08. The summed E-state index contributed by atoms with van der Waals surface area (Å²) in [6.07, 6.45) is 3.71. The number of halogens is 1. The van der Waals surface area contributed by atoms with Gasteiger partial charge in [-0.3, -0.25) is 4.79 Å². The first-order valence-electron chi connectivity index (χ1n) is 12.3. The molecular formula is C29H39FN4O. The highest BCUT2D eigenvalue weighted by Crippen LogP contribution is 2.38. The van der Waals surface area contributed by atoms with E-state index in [-0.39, 0.29) is 29.4 Å². The van der Waals surface area contributed by atoms with Crippen LogP contribution in [0, 0.1) is 5.92 Å². The zero-order valence-electron chi connectivity index (χ0n) is 22.2. The second-order valence-electron chi connectivity index (χ2n) is 10.0. The van der Waals surface area contributed by atoms with Crippen molar-refractivity contribution in [3.8, 4) is 0 Å². The number of amides is 1. The summed E-state index contributed by atoms with van der Waals surface area (Å²) in [5.74, 6) is 0.259. The molecule has 0 saturated carbocycles. The second-order valence-corrected chi connectivity index (χ2v) is 10.0. The first kappa shape index (κ1) is 26.5. The number of fused-ring (bicyclic) bond motifs is 1. The molecule has 1 heterocycles. The van der Waals surface area contributed by atoms with Gasteiger partial charge in [-0.05, 0) is 61.3 Å². The maximum absolute atomic E-state index is 14.1. The maximum Gasteiger partial charge on any atom is 0.290 e. The van der Waals surface area contributed by atoms with Gasteiger partial charge in [-0.2, -0.15) is 0 Å². The first-order chi connectivity index (χ1) is 16.6. The van der Waals surface area contributed by atoms with Crippen molar-refractivity contribution in [2.45, 2.75) is 52.2 Å². The highest BCUT2D eigenvalue weighted by atomic mass is 19.1. The number of nitrogens with zero attached hydrogens (tertiary/aromatic N) is 4. The minimum Gasteiger partial charge on any atom is -0.379 e. The number of amidine groups is 1. The Labute approximate surface area is 210 Å². The number of carbonyl (C=O) groups is 1. The molecule has 6 heteroatoms. The van der Waals surface area contributed by atoms with Crippen LogP contribution in [0.15, 0.2) is 64.1 Å². The standard InChI is InChI=1S/C29H39FN4O/c1-9-25(21(4)30)31-28(33(7)8)29(35)34-17-16-20(3)26(32(5)6)27(34)24-18-23-13-11-10-12-22(23)15-14-19(24)2/h10-13,18-19,21,27H,1,14-17H2,2-8H3/t19?,21?,27-/m1/s1. The van der Waals surface area contributed by atoms with Crippen LogP contribution in [-0.4, -0.2) is 73.4 Å². The van der Waals surface area contributed by atoms with Gasteiger partial charge >= 0.3 is 0 Å². The number of allylic oxidation sites excluding steroid dienone is 1. The van der Waals surface area contributed by atoms with Gasteiger partial charge in [-0.25, -0.2) is 9.38 Å². The zero-order chi connectivity index (χ0) is 25.9. The Bertz CT molecular complexity index is 1110. The Morgan fingerprint density at radius 1 is 1.23 bits per heavy atom. The van der Waals surface area contributed by atoms with E-state index >= 15 is 0 Å². The summed E-state index contributed by atoms with van der Waals surface area (Å²) in [4.78, 5) is 24.2. The zero-order valence-corrected chi connectivity index (χ0v) is 22.2. The average Bonchev–Trinajstić information content (AvgIpc) is 2.97. The molecule has 0 radical (unpaired) electrons. The van der Waals surface area contributed by atoms with Crippen molar-refractivity contribution in [3.63, 3.8) is 0 Å². The van der Waals surface area contributed by atoms with Crippen LogP contribution in [0.2, 0.25) is 0 Å². The van der Waals surface area contributed by atoms with E-state index in [9.17, 15) is 9.18 Å². The number of likely N-dealkylation sites (N-methyl/N-ethyl adjacent to an activating group) is 2. The van der Waals surface area contributed by atoms with Crippen molar-refractivity contribution in [1.29, 1.82) is 0 Å². The van der Waals surface area contributed by atoms with E-state index < -0.39 is 6.17 Å². The molecule has 1 aromatic carbocycles. The van der Waals surface area contributed by atoms with Crippen LogP contribution in [-0.2, 0) is 11.2 Å². The average molecular weight is 479 g/mol. The highest BCUT2D eigenvalue weighted by molar-refractivity contribution is 6.38. The Kier molecular flexibility index (Phi) is 8.39. The SMILES string of the molecule is C=C=C(N=C(C(=O)N1CCC(C)=C(N(C)C)[C@H]1C1=Cc2ccccc2CCC1C)N(C)C)C(C)F. The Balaban J connectivity index is 2.19. The quantitative estimate of drug-likeness (QED) is 0.344. The smallest absolute Gasteiger partial charge is 0.290 e. The van der Waals surface area contributed by atoms with Crippen LogP contribution in [0.4, 0.5) is 4.39 Å². The van der Waals surface area contributed by atoms with Crippen molar-refractivity contribution >= 4 is 17.8 Å². The van der Waals surface area contributed by atoms with Gasteiger partial charge in [-0.1, -0.05) is 43.8 Å². The third-order valence-electron chi connectivity index (χ3n) is 6.99. The molecule has 0 N–H and O–H groups in total. The number of rotatable bonds is 4.